The van der Waals surface area contributed by atoms with Crippen molar-refractivity contribution in [3.8, 4) is 0 Å². The zero-order chi connectivity index (χ0) is 13.4. The highest BCUT2D eigenvalue weighted by molar-refractivity contribution is 9.10. The molecule has 7 heteroatoms. The molecule has 2 N–H and O–H groups in total. The first-order valence-corrected chi connectivity index (χ1v) is 5.89. The Balaban J connectivity index is 2.30. The number of anilines is 1. The number of nitrogen functional groups attached to an aromatic ring is 1. The molecule has 0 unspecified atom stereocenters. The summed E-state index contributed by atoms with van der Waals surface area (Å²) in [7, 11) is 1.27. The number of carbonyl (C=O) groups excluding carboxylic acids is 3. The van der Waals surface area contributed by atoms with Crippen molar-refractivity contribution in [2.45, 2.75) is 6.54 Å². The van der Waals surface area contributed by atoms with Gasteiger partial charge in [-0.2, -0.15) is 0 Å². The lowest BCUT2D eigenvalue weighted by Gasteiger charge is -2.14. The fraction of sp³-hybridized carbons (Fsp3) is 0.182. The topological polar surface area (TPSA) is 83.7 Å². The van der Waals surface area contributed by atoms with Crippen molar-refractivity contribution in [2.24, 2.45) is 0 Å². The summed E-state index contributed by atoms with van der Waals surface area (Å²) < 4.78 is 0.618. The van der Waals surface area contributed by atoms with Crippen LogP contribution in [0.25, 0.3) is 0 Å². The van der Waals surface area contributed by atoms with E-state index in [2.05, 4.69) is 15.9 Å². The first-order chi connectivity index (χ1) is 8.43. The lowest BCUT2D eigenvalue weighted by molar-refractivity contribution is -0.143. The predicted octanol–water partition coefficient (Wildman–Crippen LogP) is 0.952. The number of imide groups is 2. The van der Waals surface area contributed by atoms with Crippen molar-refractivity contribution in [2.75, 3.05) is 12.8 Å². The molecule has 1 aromatic rings. The van der Waals surface area contributed by atoms with E-state index in [-0.39, 0.29) is 6.54 Å². The molecule has 6 nitrogen and oxygen atoms in total. The van der Waals surface area contributed by atoms with Gasteiger partial charge in [0.25, 0.3) is 0 Å². The van der Waals surface area contributed by atoms with Gasteiger partial charge in [0.15, 0.2) is 0 Å². The quantitative estimate of drug-likeness (QED) is 0.501. The Kier molecular flexibility index (Phi) is 3.08. The van der Waals surface area contributed by atoms with Crippen LogP contribution < -0.4 is 5.73 Å². The maximum atomic E-state index is 11.7. The molecule has 0 aliphatic carbocycles. The molecule has 1 aliphatic heterocycles. The average Bonchev–Trinajstić information content (AvgIpc) is 2.52. The second-order valence-electron chi connectivity index (χ2n) is 3.86. The molecule has 1 aliphatic rings. The molecule has 2 rings (SSSR count). The maximum Gasteiger partial charge on any atom is 0.334 e. The van der Waals surface area contributed by atoms with Gasteiger partial charge in [-0.25, -0.2) is 4.79 Å². The largest absolute Gasteiger partial charge is 0.398 e. The van der Waals surface area contributed by atoms with E-state index in [9.17, 15) is 14.4 Å². The van der Waals surface area contributed by atoms with E-state index in [1.807, 2.05) is 0 Å². The summed E-state index contributed by atoms with van der Waals surface area (Å²) in [5.41, 5.74) is 6.88. The summed E-state index contributed by atoms with van der Waals surface area (Å²) in [6.45, 7) is 0.0133. The van der Waals surface area contributed by atoms with Crippen molar-refractivity contribution in [1.82, 2.24) is 9.80 Å². The van der Waals surface area contributed by atoms with E-state index in [0.717, 1.165) is 9.80 Å². The molecule has 0 aromatic heterocycles. The van der Waals surface area contributed by atoms with Crippen LogP contribution in [0.5, 0.6) is 0 Å². The number of nitrogens with two attached hydrogens (primary N) is 1. The monoisotopic (exact) mass is 311 g/mol. The number of urea groups is 1. The van der Waals surface area contributed by atoms with Crippen molar-refractivity contribution >= 4 is 39.5 Å². The number of likely N-dealkylation sites (N-methyl/N-ethyl adjacent to an activating group) is 1. The lowest BCUT2D eigenvalue weighted by Crippen LogP contribution is -2.31. The first-order valence-electron chi connectivity index (χ1n) is 5.10. The van der Waals surface area contributed by atoms with Gasteiger partial charge in [0.2, 0.25) is 0 Å². The number of nitrogens with zero attached hydrogens (tertiary/aromatic N) is 2. The maximum absolute atomic E-state index is 11.7. The molecule has 0 saturated carbocycles. The molecule has 0 radical (unpaired) electrons. The van der Waals surface area contributed by atoms with Gasteiger partial charge in [-0.15, -0.1) is 0 Å². The Morgan fingerprint density at radius 2 is 1.89 bits per heavy atom. The van der Waals surface area contributed by atoms with E-state index >= 15 is 0 Å². The minimum absolute atomic E-state index is 0.0133. The fourth-order valence-corrected chi connectivity index (χ4v) is 2.03. The van der Waals surface area contributed by atoms with Crippen LogP contribution in [0.4, 0.5) is 10.5 Å². The smallest absolute Gasteiger partial charge is 0.334 e. The van der Waals surface area contributed by atoms with Crippen LogP contribution in [0.2, 0.25) is 0 Å². The molecular weight excluding hydrogens is 302 g/mol. The zero-order valence-electron chi connectivity index (χ0n) is 9.51. The van der Waals surface area contributed by atoms with Crippen molar-refractivity contribution in [1.29, 1.82) is 0 Å². The standard InChI is InChI=1S/C11H10BrN3O3/c1-14-9(16)10(17)15(11(14)18)5-6-3-2-4-7(13)8(6)12/h2-4H,5,13H2,1H3. The molecule has 1 heterocycles. The average molecular weight is 312 g/mol. The number of rotatable bonds is 2. The summed E-state index contributed by atoms with van der Waals surface area (Å²) in [5, 5.41) is 0. The van der Waals surface area contributed by atoms with Gasteiger partial charge < -0.3 is 5.73 Å². The molecule has 94 valence electrons. The van der Waals surface area contributed by atoms with Crippen molar-refractivity contribution in [3.05, 3.63) is 28.2 Å². The SMILES string of the molecule is CN1C(=O)C(=O)N(Cc2cccc(N)c2Br)C1=O. The van der Waals surface area contributed by atoms with Gasteiger partial charge in [-0.05, 0) is 27.6 Å². The molecule has 4 amide bonds. The van der Waals surface area contributed by atoms with Crippen LogP contribution in [0.1, 0.15) is 5.56 Å². The second kappa shape index (κ2) is 4.41. The number of halogens is 1. The zero-order valence-corrected chi connectivity index (χ0v) is 11.1. The predicted molar refractivity (Wildman–Crippen MR) is 67.3 cm³/mol. The van der Waals surface area contributed by atoms with Gasteiger partial charge in [0.05, 0.1) is 6.54 Å². The number of benzene rings is 1. The van der Waals surface area contributed by atoms with Crippen molar-refractivity contribution < 1.29 is 14.4 Å². The Bertz CT molecular complexity index is 558. The van der Waals surface area contributed by atoms with Crippen molar-refractivity contribution in [3.63, 3.8) is 0 Å². The molecular formula is C11H10BrN3O3. The summed E-state index contributed by atoms with van der Waals surface area (Å²) in [6.07, 6.45) is 0. The molecule has 1 aromatic carbocycles. The summed E-state index contributed by atoms with van der Waals surface area (Å²) >= 11 is 3.28. The highest BCUT2D eigenvalue weighted by Crippen LogP contribution is 2.26. The van der Waals surface area contributed by atoms with Gasteiger partial charge in [0.1, 0.15) is 0 Å². The van der Waals surface area contributed by atoms with Gasteiger partial charge >= 0.3 is 17.8 Å². The molecule has 1 fully saturated rings. The van der Waals surface area contributed by atoms with E-state index in [1.54, 1.807) is 18.2 Å². The van der Waals surface area contributed by atoms with Crippen LogP contribution in [0.15, 0.2) is 22.7 Å². The Morgan fingerprint density at radius 3 is 2.44 bits per heavy atom. The van der Waals surface area contributed by atoms with E-state index in [0.29, 0.717) is 15.7 Å². The molecule has 18 heavy (non-hydrogen) atoms. The van der Waals surface area contributed by atoms with Crippen LogP contribution >= 0.6 is 15.9 Å². The fourth-order valence-electron chi connectivity index (χ4n) is 1.65. The molecule has 0 spiro atoms. The minimum Gasteiger partial charge on any atom is -0.398 e. The normalized spacial score (nSPS) is 15.8. The second-order valence-corrected chi connectivity index (χ2v) is 4.65. The Hall–Kier alpha value is -1.89. The Labute approximate surface area is 111 Å². The summed E-state index contributed by atoms with van der Waals surface area (Å²) in [6, 6.07) is 4.51. The summed E-state index contributed by atoms with van der Waals surface area (Å²) in [5.74, 6) is -1.64. The number of hydrogen-bond acceptors (Lipinski definition) is 4. The van der Waals surface area contributed by atoms with Gasteiger partial charge in [-0.3, -0.25) is 19.4 Å². The number of carbonyl (C=O) groups is 3. The third-order valence-electron chi connectivity index (χ3n) is 2.69. The van der Waals surface area contributed by atoms with E-state index in [4.69, 9.17) is 5.73 Å². The third-order valence-corrected chi connectivity index (χ3v) is 3.65. The third kappa shape index (κ3) is 1.86. The molecule has 0 atom stereocenters. The lowest BCUT2D eigenvalue weighted by atomic mass is 10.2. The van der Waals surface area contributed by atoms with Gasteiger partial charge in [-0.1, -0.05) is 12.1 Å². The minimum atomic E-state index is -0.822. The summed E-state index contributed by atoms with van der Waals surface area (Å²) in [4.78, 5) is 36.3. The highest BCUT2D eigenvalue weighted by atomic mass is 79.9. The van der Waals surface area contributed by atoms with Crippen LogP contribution in [-0.4, -0.2) is 34.7 Å². The first kappa shape index (κ1) is 12.6. The van der Waals surface area contributed by atoms with Gasteiger partial charge in [0, 0.05) is 17.2 Å². The van der Waals surface area contributed by atoms with E-state index in [1.165, 1.54) is 7.05 Å². The van der Waals surface area contributed by atoms with Crippen LogP contribution in [0.3, 0.4) is 0 Å². The Morgan fingerprint density at radius 1 is 1.22 bits per heavy atom. The molecule has 0 bridgehead atoms. The number of hydrogen-bond donors (Lipinski definition) is 1. The van der Waals surface area contributed by atoms with E-state index < -0.39 is 17.8 Å². The molecule has 1 saturated heterocycles. The van der Waals surface area contributed by atoms with Crippen LogP contribution in [0, 0.1) is 0 Å². The number of amides is 4. The van der Waals surface area contributed by atoms with Crippen LogP contribution in [-0.2, 0) is 16.1 Å². The highest BCUT2D eigenvalue weighted by Gasteiger charge is 2.42.